The van der Waals surface area contributed by atoms with Crippen LogP contribution < -0.4 is 0 Å². The first-order chi connectivity index (χ1) is 6.33. The summed E-state index contributed by atoms with van der Waals surface area (Å²) in [5.41, 5.74) is 0.469. The van der Waals surface area contributed by atoms with E-state index in [0.717, 1.165) is 23.9 Å². The Kier molecular flexibility index (Phi) is 5.46. The van der Waals surface area contributed by atoms with Gasteiger partial charge in [-0.1, -0.05) is 6.58 Å². The molecule has 0 aromatic carbocycles. The van der Waals surface area contributed by atoms with Crippen LogP contribution in [0.15, 0.2) is 12.2 Å². The number of carbonyl (C=O) groups is 1. The molecule has 0 unspecified atom stereocenters. The normalized spacial score (nSPS) is 11.1. The lowest BCUT2D eigenvalue weighted by Gasteiger charge is -2.23. The van der Waals surface area contributed by atoms with E-state index in [2.05, 4.69) is 27.7 Å². The Morgan fingerprint density at radius 1 is 1.29 bits per heavy atom. The smallest absolute Gasteiger partial charge is 0.333 e. The van der Waals surface area contributed by atoms with Crippen LogP contribution in [-0.4, -0.2) is 44.7 Å². The molecule has 0 aliphatic heterocycles. The van der Waals surface area contributed by atoms with Crippen LogP contribution in [0, 0.1) is 0 Å². The molecule has 0 aliphatic carbocycles. The van der Waals surface area contributed by atoms with Gasteiger partial charge in [-0.25, -0.2) is 4.79 Å². The highest BCUT2D eigenvalue weighted by molar-refractivity contribution is 5.86. The third-order valence-electron chi connectivity index (χ3n) is 1.80. The minimum absolute atomic E-state index is 0.282. The molecular formula is C11H22NO2+. The summed E-state index contributed by atoms with van der Waals surface area (Å²) >= 11 is 0. The summed E-state index contributed by atoms with van der Waals surface area (Å²) in [7, 11) is 6.46. The van der Waals surface area contributed by atoms with Crippen molar-refractivity contribution in [3.8, 4) is 0 Å². The second-order valence-corrected chi connectivity index (χ2v) is 4.64. The number of hydrogen-bond acceptors (Lipinski definition) is 2. The van der Waals surface area contributed by atoms with Gasteiger partial charge in [-0.15, -0.1) is 0 Å². The molecule has 0 saturated heterocycles. The van der Waals surface area contributed by atoms with Crippen molar-refractivity contribution in [1.29, 1.82) is 0 Å². The minimum atomic E-state index is -0.282. The zero-order valence-electron chi connectivity index (χ0n) is 9.80. The maximum atomic E-state index is 11.0. The number of ether oxygens (including phenoxy) is 1. The van der Waals surface area contributed by atoms with E-state index in [1.807, 2.05) is 0 Å². The fourth-order valence-corrected chi connectivity index (χ4v) is 0.976. The Labute approximate surface area is 86.9 Å². The second kappa shape index (κ2) is 5.81. The molecule has 0 fully saturated rings. The zero-order valence-corrected chi connectivity index (χ0v) is 9.80. The first-order valence-electron chi connectivity index (χ1n) is 4.96. The van der Waals surface area contributed by atoms with Crippen LogP contribution in [0.1, 0.15) is 19.8 Å². The molecule has 3 nitrogen and oxygen atoms in total. The number of hydrogen-bond donors (Lipinski definition) is 0. The summed E-state index contributed by atoms with van der Waals surface area (Å²) in [6, 6.07) is 0. The van der Waals surface area contributed by atoms with Crippen molar-refractivity contribution >= 4 is 5.97 Å². The van der Waals surface area contributed by atoms with E-state index < -0.39 is 0 Å². The third-order valence-corrected chi connectivity index (χ3v) is 1.80. The maximum absolute atomic E-state index is 11.0. The maximum Gasteiger partial charge on any atom is 0.333 e. The van der Waals surface area contributed by atoms with Crippen molar-refractivity contribution in [3.05, 3.63) is 12.2 Å². The van der Waals surface area contributed by atoms with E-state index in [0.29, 0.717) is 12.2 Å². The lowest BCUT2D eigenvalue weighted by atomic mass is 10.3. The number of rotatable bonds is 6. The molecule has 14 heavy (non-hydrogen) atoms. The van der Waals surface area contributed by atoms with Gasteiger partial charge in [0.05, 0.1) is 34.3 Å². The summed E-state index contributed by atoms with van der Waals surface area (Å²) in [4.78, 5) is 11.0. The first-order valence-corrected chi connectivity index (χ1v) is 4.96. The van der Waals surface area contributed by atoms with Crippen LogP contribution in [0.5, 0.6) is 0 Å². The highest BCUT2D eigenvalue weighted by atomic mass is 16.5. The van der Waals surface area contributed by atoms with Gasteiger partial charge in [0.15, 0.2) is 0 Å². The lowest BCUT2D eigenvalue weighted by molar-refractivity contribution is -0.870. The van der Waals surface area contributed by atoms with Crippen molar-refractivity contribution in [2.75, 3.05) is 34.3 Å². The van der Waals surface area contributed by atoms with Gasteiger partial charge in [0.2, 0.25) is 0 Å². The van der Waals surface area contributed by atoms with E-state index in [9.17, 15) is 4.79 Å². The molecule has 3 heteroatoms. The average molecular weight is 200 g/mol. The van der Waals surface area contributed by atoms with Gasteiger partial charge in [-0.2, -0.15) is 0 Å². The van der Waals surface area contributed by atoms with Gasteiger partial charge in [0, 0.05) is 5.57 Å². The highest BCUT2D eigenvalue weighted by Crippen LogP contribution is 1.99. The van der Waals surface area contributed by atoms with Crippen LogP contribution in [-0.2, 0) is 9.53 Å². The standard InChI is InChI=1S/C11H22NO2/c1-10(2)11(13)14-9-7-6-8-12(3,4)5/h1,6-9H2,2-5H3/q+1. The molecule has 0 heterocycles. The van der Waals surface area contributed by atoms with Crippen molar-refractivity contribution in [1.82, 2.24) is 0 Å². The molecule has 0 spiro atoms. The Bertz CT molecular complexity index is 204. The zero-order chi connectivity index (χ0) is 11.2. The molecule has 82 valence electrons. The summed E-state index contributed by atoms with van der Waals surface area (Å²) in [5.74, 6) is -0.282. The molecular weight excluding hydrogens is 178 g/mol. The SMILES string of the molecule is C=C(C)C(=O)OCCCC[N+](C)(C)C. The molecule has 0 saturated carbocycles. The largest absolute Gasteiger partial charge is 0.462 e. The minimum Gasteiger partial charge on any atom is -0.462 e. The monoisotopic (exact) mass is 200 g/mol. The van der Waals surface area contributed by atoms with Crippen molar-refractivity contribution in [2.45, 2.75) is 19.8 Å². The average Bonchev–Trinajstić information content (AvgIpc) is 2.01. The van der Waals surface area contributed by atoms with E-state index >= 15 is 0 Å². The molecule has 0 aromatic heterocycles. The topological polar surface area (TPSA) is 26.3 Å². The van der Waals surface area contributed by atoms with E-state index in [4.69, 9.17) is 4.74 Å². The number of quaternary nitrogens is 1. The van der Waals surface area contributed by atoms with Gasteiger partial charge >= 0.3 is 5.97 Å². The van der Waals surface area contributed by atoms with Crippen LogP contribution in [0.4, 0.5) is 0 Å². The molecule has 0 rings (SSSR count). The fourth-order valence-electron chi connectivity index (χ4n) is 0.976. The number of esters is 1. The first kappa shape index (κ1) is 13.2. The van der Waals surface area contributed by atoms with Crippen LogP contribution in [0.3, 0.4) is 0 Å². The molecule has 0 atom stereocenters. The Morgan fingerprint density at radius 2 is 1.86 bits per heavy atom. The molecule has 0 N–H and O–H groups in total. The summed E-state index contributed by atoms with van der Waals surface area (Å²) in [5, 5.41) is 0. The van der Waals surface area contributed by atoms with Crippen LogP contribution >= 0.6 is 0 Å². The summed E-state index contributed by atoms with van der Waals surface area (Å²) < 4.78 is 5.93. The molecule has 0 radical (unpaired) electrons. The van der Waals surface area contributed by atoms with E-state index in [-0.39, 0.29) is 5.97 Å². The van der Waals surface area contributed by atoms with Gasteiger partial charge in [0.1, 0.15) is 0 Å². The van der Waals surface area contributed by atoms with E-state index in [1.165, 1.54) is 0 Å². The van der Waals surface area contributed by atoms with Crippen molar-refractivity contribution < 1.29 is 14.0 Å². The quantitative estimate of drug-likeness (QED) is 0.282. The predicted octanol–water partition coefficient (Wildman–Crippen LogP) is 1.59. The van der Waals surface area contributed by atoms with Crippen LogP contribution in [0.2, 0.25) is 0 Å². The van der Waals surface area contributed by atoms with Gasteiger partial charge in [0.25, 0.3) is 0 Å². The van der Waals surface area contributed by atoms with Gasteiger partial charge in [-0.05, 0) is 19.8 Å². The number of unbranched alkanes of at least 4 members (excludes halogenated alkanes) is 1. The fraction of sp³-hybridized carbons (Fsp3) is 0.727. The lowest BCUT2D eigenvalue weighted by Crippen LogP contribution is -2.35. The molecule has 0 aliphatic rings. The Hall–Kier alpha value is -0.830. The highest BCUT2D eigenvalue weighted by Gasteiger charge is 2.06. The second-order valence-electron chi connectivity index (χ2n) is 4.64. The predicted molar refractivity (Wildman–Crippen MR) is 57.9 cm³/mol. The third kappa shape index (κ3) is 7.80. The van der Waals surface area contributed by atoms with Crippen molar-refractivity contribution in [2.24, 2.45) is 0 Å². The summed E-state index contributed by atoms with van der Waals surface area (Å²) in [6.07, 6.45) is 2.00. The molecule has 0 bridgehead atoms. The molecule has 0 aromatic rings. The van der Waals surface area contributed by atoms with E-state index in [1.54, 1.807) is 6.92 Å². The van der Waals surface area contributed by atoms with Crippen LogP contribution in [0.25, 0.3) is 0 Å². The Morgan fingerprint density at radius 3 is 2.29 bits per heavy atom. The summed E-state index contributed by atoms with van der Waals surface area (Å²) in [6.45, 7) is 6.78. The van der Waals surface area contributed by atoms with Gasteiger partial charge in [-0.3, -0.25) is 0 Å². The molecule has 0 amide bonds. The van der Waals surface area contributed by atoms with Crippen molar-refractivity contribution in [3.63, 3.8) is 0 Å². The number of carbonyl (C=O) groups excluding carboxylic acids is 1. The Balaban J connectivity index is 3.39. The van der Waals surface area contributed by atoms with Gasteiger partial charge < -0.3 is 9.22 Å². The number of nitrogens with zero attached hydrogens (tertiary/aromatic N) is 1.